The highest BCUT2D eigenvalue weighted by Crippen LogP contribution is 2.54. The van der Waals surface area contributed by atoms with Gasteiger partial charge in [-0.25, -0.2) is 0 Å². The minimum Gasteiger partial charge on any atom is -0.309 e. The van der Waals surface area contributed by atoms with Crippen LogP contribution in [-0.2, 0) is 5.41 Å². The van der Waals surface area contributed by atoms with Gasteiger partial charge < -0.3 is 4.90 Å². The second-order valence-electron chi connectivity index (χ2n) is 14.9. The van der Waals surface area contributed by atoms with Crippen molar-refractivity contribution in [3.8, 4) is 22.3 Å². The largest absolute Gasteiger partial charge is 0.309 e. The molecule has 10 aromatic rings. The van der Waals surface area contributed by atoms with Gasteiger partial charge >= 0.3 is 0 Å². The summed E-state index contributed by atoms with van der Waals surface area (Å²) in [5.41, 5.74) is 11.3. The first-order chi connectivity index (χ1) is 26.1. The average molecular weight is 694 g/mol. The SMILES string of the molecule is CC1(C)c2ccccc2-c2ccc(N(c3ccc4sc5ccccc5c4c3)c3c(-c4cccc5ccccc45)c4ccccc4c4ccccc34)cc21. The molecule has 1 aromatic heterocycles. The normalized spacial score (nSPS) is 13.2. The van der Waals surface area contributed by atoms with Crippen LogP contribution < -0.4 is 4.90 Å². The van der Waals surface area contributed by atoms with Crippen molar-refractivity contribution in [3.63, 3.8) is 0 Å². The van der Waals surface area contributed by atoms with E-state index < -0.39 is 0 Å². The van der Waals surface area contributed by atoms with E-state index in [2.05, 4.69) is 195 Å². The monoisotopic (exact) mass is 693 g/mol. The van der Waals surface area contributed by atoms with Crippen molar-refractivity contribution in [2.45, 2.75) is 19.3 Å². The zero-order valence-corrected chi connectivity index (χ0v) is 30.4. The Kier molecular flexibility index (Phi) is 6.53. The molecule has 0 saturated heterocycles. The van der Waals surface area contributed by atoms with Crippen LogP contribution in [0.5, 0.6) is 0 Å². The van der Waals surface area contributed by atoms with Crippen molar-refractivity contribution < 1.29 is 0 Å². The Morgan fingerprint density at radius 2 is 0.962 bits per heavy atom. The van der Waals surface area contributed by atoms with Crippen LogP contribution in [0.3, 0.4) is 0 Å². The fraction of sp³-hybridized carbons (Fsp3) is 0.0588. The summed E-state index contributed by atoms with van der Waals surface area (Å²) in [6.45, 7) is 4.75. The van der Waals surface area contributed by atoms with E-state index in [1.165, 1.54) is 91.6 Å². The van der Waals surface area contributed by atoms with Crippen LogP contribution in [0.25, 0.3) is 74.7 Å². The lowest BCUT2D eigenvalue weighted by Crippen LogP contribution is -2.17. The first-order valence-electron chi connectivity index (χ1n) is 18.4. The van der Waals surface area contributed by atoms with Crippen LogP contribution in [0.15, 0.2) is 176 Å². The van der Waals surface area contributed by atoms with Gasteiger partial charge in [0, 0.05) is 47.9 Å². The van der Waals surface area contributed by atoms with Crippen molar-refractivity contribution in [2.75, 3.05) is 4.90 Å². The zero-order valence-electron chi connectivity index (χ0n) is 29.6. The van der Waals surface area contributed by atoms with Gasteiger partial charge in [-0.3, -0.25) is 0 Å². The van der Waals surface area contributed by atoms with Gasteiger partial charge in [-0.2, -0.15) is 0 Å². The lowest BCUT2D eigenvalue weighted by molar-refractivity contribution is 0.660. The summed E-state index contributed by atoms with van der Waals surface area (Å²) in [4.78, 5) is 2.57. The van der Waals surface area contributed by atoms with E-state index in [0.717, 1.165) is 11.4 Å². The van der Waals surface area contributed by atoms with Gasteiger partial charge in [-0.1, -0.05) is 153 Å². The van der Waals surface area contributed by atoms with E-state index in [1.54, 1.807) is 0 Å². The number of fused-ring (bicyclic) bond motifs is 10. The maximum atomic E-state index is 2.57. The molecule has 0 unspecified atom stereocenters. The van der Waals surface area contributed by atoms with Gasteiger partial charge in [0.2, 0.25) is 0 Å². The summed E-state index contributed by atoms with van der Waals surface area (Å²) in [5.74, 6) is 0. The van der Waals surface area contributed by atoms with Gasteiger partial charge in [-0.15, -0.1) is 11.3 Å². The maximum Gasteiger partial charge on any atom is 0.0625 e. The average Bonchev–Trinajstić information content (AvgIpc) is 3.69. The molecule has 9 aromatic carbocycles. The summed E-state index contributed by atoms with van der Waals surface area (Å²) >= 11 is 1.87. The van der Waals surface area contributed by atoms with Crippen molar-refractivity contribution >= 4 is 80.9 Å². The van der Waals surface area contributed by atoms with Crippen LogP contribution in [-0.4, -0.2) is 0 Å². The number of benzene rings is 9. The second-order valence-corrected chi connectivity index (χ2v) is 15.9. The minimum absolute atomic E-state index is 0.134. The molecule has 0 radical (unpaired) electrons. The van der Waals surface area contributed by atoms with E-state index >= 15 is 0 Å². The van der Waals surface area contributed by atoms with E-state index in [4.69, 9.17) is 0 Å². The second kappa shape index (κ2) is 11.4. The third-order valence-corrected chi connectivity index (χ3v) is 12.8. The molecule has 0 amide bonds. The molecule has 2 heteroatoms. The molecule has 1 nitrogen and oxygen atoms in total. The lowest BCUT2D eigenvalue weighted by Gasteiger charge is -2.32. The molecule has 1 aliphatic rings. The molecular weight excluding hydrogens is 659 g/mol. The third-order valence-electron chi connectivity index (χ3n) is 11.6. The number of hydrogen-bond acceptors (Lipinski definition) is 2. The van der Waals surface area contributed by atoms with Gasteiger partial charge in [-0.05, 0) is 91.1 Å². The molecule has 53 heavy (non-hydrogen) atoms. The standard InChI is InChI=1S/C51H35NS/c1-51(2)45-24-11-9-19-38(45)39-28-26-34(31-46(39)51)52(33-27-29-48-44(30-33)40-20-10-12-25-47(40)53-48)50-43-22-8-6-18-37(43)36-17-5-7-21-42(36)49(50)41-23-13-15-32-14-3-4-16-35(32)41/h3-31H,1-2H3. The van der Waals surface area contributed by atoms with Crippen LogP contribution >= 0.6 is 11.3 Å². The summed E-state index contributed by atoms with van der Waals surface area (Å²) in [6, 6.07) is 65.6. The Hall–Kier alpha value is -6.22. The van der Waals surface area contributed by atoms with Crippen LogP contribution in [0.2, 0.25) is 0 Å². The summed E-state index contributed by atoms with van der Waals surface area (Å²) in [5, 5.41) is 10.1. The molecule has 0 N–H and O–H groups in total. The molecule has 0 bridgehead atoms. The van der Waals surface area contributed by atoms with E-state index in [9.17, 15) is 0 Å². The van der Waals surface area contributed by atoms with Gasteiger partial charge in [0.05, 0.1) is 5.69 Å². The summed E-state index contributed by atoms with van der Waals surface area (Å²) in [7, 11) is 0. The first kappa shape index (κ1) is 30.4. The van der Waals surface area contributed by atoms with Crippen molar-refractivity contribution in [2.24, 2.45) is 0 Å². The topological polar surface area (TPSA) is 3.24 Å². The number of thiophene rings is 1. The van der Waals surface area contributed by atoms with Gasteiger partial charge in [0.15, 0.2) is 0 Å². The molecule has 1 aliphatic carbocycles. The van der Waals surface area contributed by atoms with E-state index in [0.29, 0.717) is 0 Å². The predicted molar refractivity (Wildman–Crippen MR) is 230 cm³/mol. The molecular formula is C51H35NS. The fourth-order valence-corrected chi connectivity index (χ4v) is 10.2. The summed E-state index contributed by atoms with van der Waals surface area (Å²) < 4.78 is 2.62. The number of nitrogens with zero attached hydrogens (tertiary/aromatic N) is 1. The third kappa shape index (κ3) is 4.43. The highest BCUT2D eigenvalue weighted by molar-refractivity contribution is 7.25. The lowest BCUT2D eigenvalue weighted by atomic mass is 9.82. The number of anilines is 3. The maximum absolute atomic E-state index is 2.57. The van der Waals surface area contributed by atoms with Crippen LogP contribution in [0, 0.1) is 0 Å². The van der Waals surface area contributed by atoms with Crippen molar-refractivity contribution in [3.05, 3.63) is 187 Å². The summed E-state index contributed by atoms with van der Waals surface area (Å²) in [6.07, 6.45) is 0. The minimum atomic E-state index is -0.134. The quantitative estimate of drug-likeness (QED) is 0.166. The Balaban J connectivity index is 1.30. The van der Waals surface area contributed by atoms with Gasteiger partial charge in [0.25, 0.3) is 0 Å². The van der Waals surface area contributed by atoms with Crippen LogP contribution in [0.4, 0.5) is 17.1 Å². The smallest absolute Gasteiger partial charge is 0.0625 e. The number of rotatable bonds is 4. The number of hydrogen-bond donors (Lipinski definition) is 0. The Labute approximate surface area is 313 Å². The van der Waals surface area contributed by atoms with Gasteiger partial charge in [0.1, 0.15) is 0 Å². The molecule has 11 rings (SSSR count). The molecule has 0 aliphatic heterocycles. The molecule has 0 spiro atoms. The molecule has 0 fully saturated rings. The fourth-order valence-electron chi connectivity index (χ4n) is 9.16. The zero-order chi connectivity index (χ0) is 35.3. The highest BCUT2D eigenvalue weighted by Gasteiger charge is 2.36. The Morgan fingerprint density at radius 3 is 1.81 bits per heavy atom. The van der Waals surface area contributed by atoms with Crippen LogP contribution in [0.1, 0.15) is 25.0 Å². The highest BCUT2D eigenvalue weighted by atomic mass is 32.1. The Morgan fingerprint density at radius 1 is 0.396 bits per heavy atom. The molecule has 0 atom stereocenters. The van der Waals surface area contributed by atoms with Crippen molar-refractivity contribution in [1.29, 1.82) is 0 Å². The predicted octanol–water partition coefficient (Wildman–Crippen LogP) is 15.0. The van der Waals surface area contributed by atoms with Crippen molar-refractivity contribution in [1.82, 2.24) is 0 Å². The van der Waals surface area contributed by atoms with E-state index in [-0.39, 0.29) is 5.41 Å². The van der Waals surface area contributed by atoms with E-state index in [1.807, 2.05) is 11.3 Å². The first-order valence-corrected chi connectivity index (χ1v) is 19.3. The Bertz CT molecular complexity index is 3100. The molecule has 250 valence electrons. The molecule has 0 saturated carbocycles. The molecule has 1 heterocycles.